The largest absolute Gasteiger partial charge is 0.482 e. The number of carbonyl (C=O) groups excluding carboxylic acids is 1. The number of ether oxygens (including phenoxy) is 1. The number of amides is 1. The highest BCUT2D eigenvalue weighted by Crippen LogP contribution is 2.12. The SMILES string of the molecule is CCCC(C)CC(=O)NCCc1ccc(OCC(=O)O)cc1. The average Bonchev–Trinajstić information content (AvgIpc) is 2.46. The van der Waals surface area contributed by atoms with Crippen LogP contribution in [0.2, 0.25) is 0 Å². The van der Waals surface area contributed by atoms with Crippen molar-refractivity contribution >= 4 is 11.9 Å². The van der Waals surface area contributed by atoms with Crippen LogP contribution in [0.4, 0.5) is 0 Å². The van der Waals surface area contributed by atoms with Crippen LogP contribution in [0, 0.1) is 5.92 Å². The van der Waals surface area contributed by atoms with E-state index in [1.807, 2.05) is 12.1 Å². The number of hydrogen-bond acceptors (Lipinski definition) is 3. The van der Waals surface area contributed by atoms with E-state index in [0.717, 1.165) is 24.8 Å². The van der Waals surface area contributed by atoms with Crippen molar-refractivity contribution in [2.24, 2.45) is 5.92 Å². The third-order valence-corrected chi connectivity index (χ3v) is 3.34. The summed E-state index contributed by atoms with van der Waals surface area (Å²) in [6.07, 6.45) is 3.50. The highest BCUT2D eigenvalue weighted by Gasteiger charge is 2.07. The summed E-state index contributed by atoms with van der Waals surface area (Å²) in [5.74, 6) is 0.0608. The molecule has 2 N–H and O–H groups in total. The maximum atomic E-state index is 11.7. The van der Waals surface area contributed by atoms with E-state index >= 15 is 0 Å². The second-order valence-electron chi connectivity index (χ2n) is 5.52. The van der Waals surface area contributed by atoms with E-state index in [9.17, 15) is 9.59 Å². The zero-order chi connectivity index (χ0) is 16.4. The Labute approximate surface area is 131 Å². The van der Waals surface area contributed by atoms with E-state index in [4.69, 9.17) is 9.84 Å². The first kappa shape index (κ1) is 18.0. The molecule has 22 heavy (non-hydrogen) atoms. The van der Waals surface area contributed by atoms with Gasteiger partial charge in [-0.05, 0) is 30.0 Å². The lowest BCUT2D eigenvalue weighted by Crippen LogP contribution is -2.27. The van der Waals surface area contributed by atoms with Gasteiger partial charge < -0.3 is 15.2 Å². The molecule has 0 bridgehead atoms. The number of rotatable bonds is 10. The smallest absolute Gasteiger partial charge is 0.341 e. The lowest BCUT2D eigenvalue weighted by Gasteiger charge is -2.10. The van der Waals surface area contributed by atoms with Crippen LogP contribution in [-0.4, -0.2) is 30.1 Å². The molecule has 0 saturated heterocycles. The average molecular weight is 307 g/mol. The molecule has 122 valence electrons. The number of carbonyl (C=O) groups is 2. The van der Waals surface area contributed by atoms with Crippen molar-refractivity contribution in [1.82, 2.24) is 5.32 Å². The van der Waals surface area contributed by atoms with Gasteiger partial charge in [0.05, 0.1) is 0 Å². The van der Waals surface area contributed by atoms with Crippen LogP contribution in [0.25, 0.3) is 0 Å². The zero-order valence-electron chi connectivity index (χ0n) is 13.3. The molecule has 0 heterocycles. The fraction of sp³-hybridized carbons (Fsp3) is 0.529. The summed E-state index contributed by atoms with van der Waals surface area (Å²) in [6, 6.07) is 7.24. The maximum absolute atomic E-state index is 11.7. The Bertz CT molecular complexity index is 470. The van der Waals surface area contributed by atoms with Crippen LogP contribution in [0.3, 0.4) is 0 Å². The van der Waals surface area contributed by atoms with Gasteiger partial charge in [0.1, 0.15) is 5.75 Å². The maximum Gasteiger partial charge on any atom is 0.341 e. The molecule has 1 aromatic carbocycles. The van der Waals surface area contributed by atoms with Crippen LogP contribution in [0.1, 0.15) is 38.7 Å². The van der Waals surface area contributed by atoms with Crippen LogP contribution in [0.15, 0.2) is 24.3 Å². The van der Waals surface area contributed by atoms with E-state index in [2.05, 4.69) is 19.2 Å². The quantitative estimate of drug-likeness (QED) is 0.697. The highest BCUT2D eigenvalue weighted by molar-refractivity contribution is 5.76. The highest BCUT2D eigenvalue weighted by atomic mass is 16.5. The summed E-state index contributed by atoms with van der Waals surface area (Å²) < 4.78 is 5.06. The van der Waals surface area contributed by atoms with Gasteiger partial charge in [-0.15, -0.1) is 0 Å². The van der Waals surface area contributed by atoms with Crippen LogP contribution >= 0.6 is 0 Å². The van der Waals surface area contributed by atoms with E-state index in [-0.39, 0.29) is 12.5 Å². The summed E-state index contributed by atoms with van der Waals surface area (Å²) in [5.41, 5.74) is 1.07. The molecule has 5 nitrogen and oxygen atoms in total. The van der Waals surface area contributed by atoms with Crippen molar-refractivity contribution in [3.05, 3.63) is 29.8 Å². The first-order valence-corrected chi connectivity index (χ1v) is 7.71. The number of aliphatic carboxylic acids is 1. The molecule has 5 heteroatoms. The molecule has 1 aromatic rings. The van der Waals surface area contributed by atoms with Gasteiger partial charge in [-0.25, -0.2) is 4.79 Å². The van der Waals surface area contributed by atoms with E-state index in [1.54, 1.807) is 12.1 Å². The lowest BCUT2D eigenvalue weighted by atomic mass is 10.0. The van der Waals surface area contributed by atoms with Crippen molar-refractivity contribution in [2.75, 3.05) is 13.2 Å². The Morgan fingerprint density at radius 2 is 1.95 bits per heavy atom. The van der Waals surface area contributed by atoms with Gasteiger partial charge in [-0.1, -0.05) is 38.8 Å². The van der Waals surface area contributed by atoms with Crippen LogP contribution < -0.4 is 10.1 Å². The number of carboxylic acids is 1. The van der Waals surface area contributed by atoms with Gasteiger partial charge in [-0.2, -0.15) is 0 Å². The van der Waals surface area contributed by atoms with Gasteiger partial charge >= 0.3 is 5.97 Å². The zero-order valence-corrected chi connectivity index (χ0v) is 13.3. The molecule has 0 radical (unpaired) electrons. The minimum absolute atomic E-state index is 0.0994. The fourth-order valence-corrected chi connectivity index (χ4v) is 2.23. The van der Waals surface area contributed by atoms with Crippen LogP contribution in [-0.2, 0) is 16.0 Å². The van der Waals surface area contributed by atoms with Gasteiger partial charge in [0.15, 0.2) is 6.61 Å². The van der Waals surface area contributed by atoms with Crippen LogP contribution in [0.5, 0.6) is 5.75 Å². The molecule has 1 amide bonds. The van der Waals surface area contributed by atoms with Gasteiger partial charge in [-0.3, -0.25) is 4.79 Å². The molecular weight excluding hydrogens is 282 g/mol. The normalized spacial score (nSPS) is 11.7. The molecule has 0 aromatic heterocycles. The molecule has 0 aliphatic carbocycles. The summed E-state index contributed by atoms with van der Waals surface area (Å²) in [6.45, 7) is 4.48. The Hall–Kier alpha value is -2.04. The molecule has 1 unspecified atom stereocenters. The van der Waals surface area contributed by atoms with Gasteiger partial charge in [0.2, 0.25) is 5.91 Å². The molecule has 0 saturated carbocycles. The summed E-state index contributed by atoms with van der Waals surface area (Å²) in [4.78, 5) is 22.1. The number of benzene rings is 1. The standard InChI is InChI=1S/C17H25NO4/c1-3-4-13(2)11-16(19)18-10-9-14-5-7-15(8-6-14)22-12-17(20)21/h5-8,13H,3-4,9-12H2,1-2H3,(H,18,19)(H,20,21). The molecular formula is C17H25NO4. The van der Waals surface area contributed by atoms with Crippen molar-refractivity contribution in [3.63, 3.8) is 0 Å². The first-order chi connectivity index (χ1) is 10.5. The number of hydrogen-bond donors (Lipinski definition) is 2. The summed E-state index contributed by atoms with van der Waals surface area (Å²) in [5, 5.41) is 11.5. The number of nitrogens with one attached hydrogen (secondary N) is 1. The third kappa shape index (κ3) is 7.67. The molecule has 0 fully saturated rings. The predicted molar refractivity (Wildman–Crippen MR) is 85.0 cm³/mol. The Morgan fingerprint density at radius 3 is 2.55 bits per heavy atom. The topological polar surface area (TPSA) is 75.6 Å². The molecule has 1 rings (SSSR count). The second-order valence-corrected chi connectivity index (χ2v) is 5.52. The molecule has 0 aliphatic heterocycles. The minimum Gasteiger partial charge on any atom is -0.482 e. The lowest BCUT2D eigenvalue weighted by molar-refractivity contribution is -0.139. The van der Waals surface area contributed by atoms with Crippen molar-refractivity contribution in [2.45, 2.75) is 39.5 Å². The van der Waals surface area contributed by atoms with E-state index in [0.29, 0.717) is 24.6 Å². The van der Waals surface area contributed by atoms with E-state index in [1.165, 1.54) is 0 Å². The predicted octanol–water partition coefficient (Wildman–Crippen LogP) is 2.64. The molecule has 0 spiro atoms. The summed E-state index contributed by atoms with van der Waals surface area (Å²) in [7, 11) is 0. The minimum atomic E-state index is -0.996. The second kappa shape index (κ2) is 9.82. The molecule has 0 aliphatic rings. The monoisotopic (exact) mass is 307 g/mol. The Kier molecular flexibility index (Phi) is 8.04. The van der Waals surface area contributed by atoms with E-state index < -0.39 is 5.97 Å². The van der Waals surface area contributed by atoms with Gasteiger partial charge in [0.25, 0.3) is 0 Å². The van der Waals surface area contributed by atoms with Crippen molar-refractivity contribution in [1.29, 1.82) is 0 Å². The third-order valence-electron chi connectivity index (χ3n) is 3.34. The first-order valence-electron chi connectivity index (χ1n) is 7.71. The Morgan fingerprint density at radius 1 is 1.27 bits per heavy atom. The fourth-order valence-electron chi connectivity index (χ4n) is 2.23. The summed E-state index contributed by atoms with van der Waals surface area (Å²) >= 11 is 0. The van der Waals surface area contributed by atoms with Crippen molar-refractivity contribution < 1.29 is 19.4 Å². The molecule has 1 atom stereocenters. The number of carboxylic acid groups (broad SMARTS) is 1. The van der Waals surface area contributed by atoms with Gasteiger partial charge in [0, 0.05) is 13.0 Å². The van der Waals surface area contributed by atoms with Crippen molar-refractivity contribution in [3.8, 4) is 5.75 Å². The Balaban J connectivity index is 2.27.